The highest BCUT2D eigenvalue weighted by Gasteiger charge is 2.24. The van der Waals surface area contributed by atoms with Crippen molar-refractivity contribution in [2.24, 2.45) is 0 Å². The third-order valence-electron chi connectivity index (χ3n) is 4.72. The Kier molecular flexibility index (Phi) is 7.49. The molecule has 0 aliphatic rings. The maximum atomic E-state index is 12.7. The first-order valence-corrected chi connectivity index (χ1v) is 12.1. The van der Waals surface area contributed by atoms with Crippen LogP contribution in [0.5, 0.6) is 5.75 Å². The molecule has 1 aromatic heterocycles. The van der Waals surface area contributed by atoms with Gasteiger partial charge in [0.25, 0.3) is 0 Å². The number of aromatic nitrogens is 1. The number of rotatable bonds is 9. The van der Waals surface area contributed by atoms with Crippen molar-refractivity contribution >= 4 is 38.1 Å². The third-order valence-corrected chi connectivity index (χ3v) is 7.55. The minimum atomic E-state index is -3.69. The van der Waals surface area contributed by atoms with E-state index < -0.39 is 16.0 Å². The van der Waals surface area contributed by atoms with Crippen LogP contribution in [0.4, 0.5) is 10.8 Å². The molecule has 0 aliphatic carbocycles. The summed E-state index contributed by atoms with van der Waals surface area (Å²) in [6, 6.07) is 13.1. The Bertz CT molecular complexity index is 1170. The Morgan fingerprint density at radius 2 is 1.91 bits per heavy atom. The van der Waals surface area contributed by atoms with Crippen molar-refractivity contribution in [2.45, 2.75) is 31.4 Å². The second kappa shape index (κ2) is 10.1. The molecule has 170 valence electrons. The summed E-state index contributed by atoms with van der Waals surface area (Å²) in [6.07, 6.45) is 0. The van der Waals surface area contributed by atoms with Crippen LogP contribution in [0.1, 0.15) is 29.9 Å². The lowest BCUT2D eigenvalue weighted by Crippen LogP contribution is -2.33. The van der Waals surface area contributed by atoms with Crippen molar-refractivity contribution in [2.75, 3.05) is 19.5 Å². The molecule has 0 saturated carbocycles. The normalized spacial score (nSPS) is 11.6. The number of methoxy groups -OCH3 is 1. The zero-order chi connectivity index (χ0) is 23.3. The van der Waals surface area contributed by atoms with Crippen LogP contribution in [0.15, 0.2) is 58.8 Å². The molecule has 32 heavy (non-hydrogen) atoms. The van der Waals surface area contributed by atoms with Crippen LogP contribution in [0.2, 0.25) is 0 Å². The van der Waals surface area contributed by atoms with Gasteiger partial charge in [0.15, 0.2) is 5.13 Å². The second-order valence-electron chi connectivity index (χ2n) is 7.22. The summed E-state index contributed by atoms with van der Waals surface area (Å²) in [6.45, 7) is 3.53. The third kappa shape index (κ3) is 5.64. The van der Waals surface area contributed by atoms with Crippen LogP contribution < -0.4 is 10.1 Å². The van der Waals surface area contributed by atoms with E-state index in [1.165, 1.54) is 47.0 Å². The Hall–Kier alpha value is -2.95. The maximum Gasteiger partial charge on any atom is 0.338 e. The van der Waals surface area contributed by atoms with E-state index in [-0.39, 0.29) is 23.1 Å². The van der Waals surface area contributed by atoms with Gasteiger partial charge in [-0.05, 0) is 56.3 Å². The van der Waals surface area contributed by atoms with Crippen LogP contribution in [-0.4, -0.2) is 43.9 Å². The predicted molar refractivity (Wildman–Crippen MR) is 124 cm³/mol. The van der Waals surface area contributed by atoms with Crippen LogP contribution in [0, 0.1) is 0 Å². The fourth-order valence-corrected chi connectivity index (χ4v) is 4.81. The van der Waals surface area contributed by atoms with Crippen LogP contribution in [-0.2, 0) is 21.4 Å². The van der Waals surface area contributed by atoms with Gasteiger partial charge in [0.2, 0.25) is 10.0 Å². The van der Waals surface area contributed by atoms with Crippen molar-refractivity contribution < 1.29 is 22.7 Å². The molecule has 0 bridgehead atoms. The minimum absolute atomic E-state index is 0.0253. The number of sulfonamides is 1. The van der Waals surface area contributed by atoms with Gasteiger partial charge >= 0.3 is 5.97 Å². The zero-order valence-electron chi connectivity index (χ0n) is 18.2. The average Bonchev–Trinajstić information content (AvgIpc) is 3.24. The number of benzene rings is 2. The van der Waals surface area contributed by atoms with Gasteiger partial charge < -0.3 is 14.8 Å². The quantitative estimate of drug-likeness (QED) is 0.461. The van der Waals surface area contributed by atoms with E-state index in [9.17, 15) is 13.2 Å². The standard InChI is InChI=1S/C22H25N3O5S2/c1-15(2)25(3)32(27,28)20-7-5-6-16(12-20)21(26)30-13-18-14-31-22(24-18)23-17-8-10-19(29-4)11-9-17/h5-12,14-15H,13H2,1-4H3,(H,23,24). The smallest absolute Gasteiger partial charge is 0.338 e. The minimum Gasteiger partial charge on any atom is -0.497 e. The van der Waals surface area contributed by atoms with Crippen LogP contribution in [0.25, 0.3) is 0 Å². The SMILES string of the molecule is COc1ccc(Nc2nc(COC(=O)c3cccc(S(=O)(=O)N(C)C(C)C)c3)cs2)cc1. The lowest BCUT2D eigenvalue weighted by atomic mass is 10.2. The molecule has 3 rings (SSSR count). The molecule has 0 unspecified atom stereocenters. The van der Waals surface area contributed by atoms with Gasteiger partial charge in [-0.15, -0.1) is 11.3 Å². The number of hydrogen-bond acceptors (Lipinski definition) is 8. The average molecular weight is 476 g/mol. The first kappa shape index (κ1) is 23.7. The molecule has 1 heterocycles. The number of nitrogens with one attached hydrogen (secondary N) is 1. The first-order valence-electron chi connectivity index (χ1n) is 9.81. The molecule has 0 saturated heterocycles. The van der Waals surface area contributed by atoms with E-state index in [4.69, 9.17) is 9.47 Å². The molecule has 0 spiro atoms. The molecule has 10 heteroatoms. The van der Waals surface area contributed by atoms with Crippen LogP contribution in [0.3, 0.4) is 0 Å². The lowest BCUT2D eigenvalue weighted by Gasteiger charge is -2.21. The number of esters is 1. The second-order valence-corrected chi connectivity index (χ2v) is 10.1. The molecule has 0 atom stereocenters. The number of carbonyl (C=O) groups is 1. The zero-order valence-corrected chi connectivity index (χ0v) is 19.9. The van der Waals surface area contributed by atoms with Crippen LogP contribution >= 0.6 is 11.3 Å². The van der Waals surface area contributed by atoms with Gasteiger partial charge in [-0.3, -0.25) is 0 Å². The number of nitrogens with zero attached hydrogens (tertiary/aromatic N) is 2. The Morgan fingerprint density at radius 3 is 2.56 bits per heavy atom. The Balaban J connectivity index is 1.63. The number of hydrogen-bond donors (Lipinski definition) is 1. The van der Waals surface area contributed by atoms with Gasteiger partial charge in [-0.1, -0.05) is 6.07 Å². The highest BCUT2D eigenvalue weighted by atomic mass is 32.2. The summed E-state index contributed by atoms with van der Waals surface area (Å²) in [7, 11) is -0.582. The van der Waals surface area contributed by atoms with Gasteiger partial charge in [-0.2, -0.15) is 4.31 Å². The van der Waals surface area contributed by atoms with Gasteiger partial charge in [0, 0.05) is 24.2 Å². The number of ether oxygens (including phenoxy) is 2. The van der Waals surface area contributed by atoms with E-state index in [1.807, 2.05) is 24.3 Å². The summed E-state index contributed by atoms with van der Waals surface area (Å²) < 4.78 is 37.1. The van der Waals surface area contributed by atoms with E-state index in [2.05, 4.69) is 10.3 Å². The fraction of sp³-hybridized carbons (Fsp3) is 0.273. The molecular weight excluding hydrogens is 450 g/mol. The molecule has 0 fully saturated rings. The molecule has 0 aliphatic heterocycles. The molecular formula is C22H25N3O5S2. The summed E-state index contributed by atoms with van der Waals surface area (Å²) >= 11 is 1.38. The Labute approximate surface area is 191 Å². The number of carbonyl (C=O) groups excluding carboxylic acids is 1. The summed E-state index contributed by atoms with van der Waals surface area (Å²) in [5.41, 5.74) is 1.60. The molecule has 8 nitrogen and oxygen atoms in total. The molecule has 3 aromatic rings. The number of thiazole rings is 1. The van der Waals surface area contributed by atoms with Gasteiger partial charge in [0.05, 0.1) is 23.3 Å². The molecule has 0 amide bonds. The van der Waals surface area contributed by atoms with E-state index >= 15 is 0 Å². The number of anilines is 2. The largest absolute Gasteiger partial charge is 0.497 e. The monoisotopic (exact) mass is 475 g/mol. The van der Waals surface area contributed by atoms with Gasteiger partial charge in [0.1, 0.15) is 12.4 Å². The van der Waals surface area contributed by atoms with Crippen molar-refractivity contribution in [3.8, 4) is 5.75 Å². The predicted octanol–water partition coefficient (Wildman–Crippen LogP) is 4.28. The van der Waals surface area contributed by atoms with Crippen molar-refractivity contribution in [3.05, 3.63) is 65.2 Å². The molecule has 0 radical (unpaired) electrons. The van der Waals surface area contributed by atoms with E-state index in [0.29, 0.717) is 10.8 Å². The summed E-state index contributed by atoms with van der Waals surface area (Å²) in [5, 5.41) is 5.63. The fourth-order valence-electron chi connectivity index (χ4n) is 2.68. The molecule has 1 N–H and O–H groups in total. The topological polar surface area (TPSA) is 97.8 Å². The summed E-state index contributed by atoms with van der Waals surface area (Å²) in [5.74, 6) is 0.141. The van der Waals surface area contributed by atoms with E-state index in [1.54, 1.807) is 26.3 Å². The van der Waals surface area contributed by atoms with E-state index in [0.717, 1.165) is 11.4 Å². The van der Waals surface area contributed by atoms with Crippen molar-refractivity contribution in [1.82, 2.24) is 9.29 Å². The van der Waals surface area contributed by atoms with Crippen molar-refractivity contribution in [3.63, 3.8) is 0 Å². The molecule has 2 aromatic carbocycles. The van der Waals surface area contributed by atoms with Gasteiger partial charge in [-0.25, -0.2) is 18.2 Å². The lowest BCUT2D eigenvalue weighted by molar-refractivity contribution is 0.0468. The maximum absolute atomic E-state index is 12.7. The highest BCUT2D eigenvalue weighted by molar-refractivity contribution is 7.89. The van der Waals surface area contributed by atoms with Crippen molar-refractivity contribution in [1.29, 1.82) is 0 Å². The Morgan fingerprint density at radius 1 is 1.19 bits per heavy atom. The highest BCUT2D eigenvalue weighted by Crippen LogP contribution is 2.24. The first-order chi connectivity index (χ1) is 15.2. The summed E-state index contributed by atoms with van der Waals surface area (Å²) in [4.78, 5) is 16.9.